The van der Waals surface area contributed by atoms with Crippen LogP contribution in [0.2, 0.25) is 0 Å². The predicted octanol–water partition coefficient (Wildman–Crippen LogP) is 2.63. The van der Waals surface area contributed by atoms with Crippen LogP contribution in [0.4, 0.5) is 5.69 Å². The van der Waals surface area contributed by atoms with Crippen molar-refractivity contribution in [3.8, 4) is 5.75 Å². The summed E-state index contributed by atoms with van der Waals surface area (Å²) in [7, 11) is 0. The fourth-order valence-corrected chi connectivity index (χ4v) is 2.93. The van der Waals surface area contributed by atoms with E-state index in [1.165, 1.54) is 0 Å². The minimum Gasteiger partial charge on any atom is -0.482 e. The lowest BCUT2D eigenvalue weighted by molar-refractivity contribution is -0.118. The summed E-state index contributed by atoms with van der Waals surface area (Å²) in [5.41, 5.74) is 2.90. The van der Waals surface area contributed by atoms with Gasteiger partial charge >= 0.3 is 0 Å². The van der Waals surface area contributed by atoms with Gasteiger partial charge in [0.2, 0.25) is 0 Å². The fourth-order valence-electron chi connectivity index (χ4n) is 2.21. The van der Waals surface area contributed by atoms with E-state index >= 15 is 0 Å². The van der Waals surface area contributed by atoms with E-state index in [2.05, 4.69) is 22.5 Å². The first-order valence-electron chi connectivity index (χ1n) is 6.83. The molecule has 0 bridgehead atoms. The zero-order chi connectivity index (χ0) is 14.8. The smallest absolute Gasteiger partial charge is 0.262 e. The Morgan fingerprint density at radius 2 is 2.38 bits per heavy atom. The number of aryl methyl sites for hydroxylation is 1. The average molecular weight is 303 g/mol. The molecule has 1 aliphatic heterocycles. The first kappa shape index (κ1) is 14.0. The zero-order valence-corrected chi connectivity index (χ0v) is 12.8. The average Bonchev–Trinajstić information content (AvgIpc) is 2.89. The summed E-state index contributed by atoms with van der Waals surface area (Å²) >= 11 is 1.66. The molecule has 0 saturated carbocycles. The molecule has 0 fully saturated rings. The van der Waals surface area contributed by atoms with Crippen LogP contribution in [0.3, 0.4) is 0 Å². The molecular weight excluding hydrogens is 286 g/mol. The molecule has 1 unspecified atom stereocenters. The van der Waals surface area contributed by atoms with Crippen LogP contribution >= 0.6 is 11.3 Å². The van der Waals surface area contributed by atoms with Crippen LogP contribution in [-0.4, -0.2) is 17.5 Å². The van der Waals surface area contributed by atoms with Crippen LogP contribution in [0.25, 0.3) is 0 Å². The van der Waals surface area contributed by atoms with Crippen LogP contribution in [0.1, 0.15) is 29.2 Å². The summed E-state index contributed by atoms with van der Waals surface area (Å²) in [6.45, 7) is 4.91. The molecule has 1 aliphatic rings. The number of nitrogens with one attached hydrogen (secondary N) is 2. The molecule has 1 atom stereocenters. The molecule has 2 N–H and O–H groups in total. The quantitative estimate of drug-likeness (QED) is 0.911. The number of benzene rings is 1. The summed E-state index contributed by atoms with van der Waals surface area (Å²) in [6.07, 6.45) is 0. The van der Waals surface area contributed by atoms with Crippen molar-refractivity contribution in [1.29, 1.82) is 0 Å². The van der Waals surface area contributed by atoms with E-state index in [0.29, 0.717) is 0 Å². The molecule has 5 nitrogen and oxygen atoms in total. The number of thiazole rings is 1. The summed E-state index contributed by atoms with van der Waals surface area (Å²) in [5.74, 6) is 0.611. The number of ether oxygens (including phenoxy) is 1. The summed E-state index contributed by atoms with van der Waals surface area (Å²) in [6, 6.07) is 6.03. The highest BCUT2D eigenvalue weighted by Gasteiger charge is 2.17. The Bertz CT molecular complexity index is 669. The van der Waals surface area contributed by atoms with E-state index in [1.54, 1.807) is 11.3 Å². The standard InChI is InChI=1S/C15H17N3O2S/c1-9-8-21-15(17-9)6-16-10(2)11-3-4-13-12(5-11)18-14(19)7-20-13/h3-5,8,10,16H,6-7H2,1-2H3,(H,18,19). The van der Waals surface area contributed by atoms with Crippen molar-refractivity contribution in [3.63, 3.8) is 0 Å². The number of fused-ring (bicyclic) bond motifs is 1. The molecule has 0 spiro atoms. The largest absolute Gasteiger partial charge is 0.482 e. The molecule has 0 radical (unpaired) electrons. The number of nitrogens with zero attached hydrogens (tertiary/aromatic N) is 1. The lowest BCUT2D eigenvalue weighted by Crippen LogP contribution is -2.26. The molecule has 2 aromatic rings. The molecule has 110 valence electrons. The number of carbonyl (C=O) groups is 1. The van der Waals surface area contributed by atoms with Crippen molar-refractivity contribution in [1.82, 2.24) is 10.3 Å². The third kappa shape index (κ3) is 3.22. The third-order valence-corrected chi connectivity index (χ3v) is 4.33. The fraction of sp³-hybridized carbons (Fsp3) is 0.333. The van der Waals surface area contributed by atoms with Gasteiger partial charge in [-0.05, 0) is 31.5 Å². The number of amides is 1. The maximum absolute atomic E-state index is 11.4. The molecule has 1 aromatic heterocycles. The second-order valence-corrected chi connectivity index (χ2v) is 6.02. The zero-order valence-electron chi connectivity index (χ0n) is 12.0. The van der Waals surface area contributed by atoms with Gasteiger partial charge in [-0.2, -0.15) is 0 Å². The van der Waals surface area contributed by atoms with Crippen molar-refractivity contribution < 1.29 is 9.53 Å². The Morgan fingerprint density at radius 1 is 1.52 bits per heavy atom. The summed E-state index contributed by atoms with van der Waals surface area (Å²) in [5, 5.41) is 9.40. The molecule has 21 heavy (non-hydrogen) atoms. The van der Waals surface area contributed by atoms with Crippen LogP contribution in [0.5, 0.6) is 5.75 Å². The normalized spacial score (nSPS) is 15.0. The Balaban J connectivity index is 1.68. The lowest BCUT2D eigenvalue weighted by atomic mass is 10.1. The van der Waals surface area contributed by atoms with Crippen molar-refractivity contribution in [2.75, 3.05) is 11.9 Å². The first-order valence-corrected chi connectivity index (χ1v) is 7.71. The number of anilines is 1. The van der Waals surface area contributed by atoms with E-state index in [9.17, 15) is 4.79 Å². The van der Waals surface area contributed by atoms with Gasteiger partial charge < -0.3 is 15.4 Å². The molecule has 6 heteroatoms. The molecule has 0 saturated heterocycles. The topological polar surface area (TPSA) is 63.2 Å². The molecule has 1 amide bonds. The van der Waals surface area contributed by atoms with E-state index in [1.807, 2.05) is 30.5 Å². The summed E-state index contributed by atoms with van der Waals surface area (Å²) in [4.78, 5) is 15.8. The maximum Gasteiger partial charge on any atom is 0.262 e. The van der Waals surface area contributed by atoms with E-state index in [0.717, 1.165) is 34.2 Å². The maximum atomic E-state index is 11.4. The van der Waals surface area contributed by atoms with Crippen molar-refractivity contribution >= 4 is 22.9 Å². The van der Waals surface area contributed by atoms with Crippen LogP contribution < -0.4 is 15.4 Å². The molecule has 0 aliphatic carbocycles. The van der Waals surface area contributed by atoms with Gasteiger partial charge in [0, 0.05) is 23.7 Å². The summed E-state index contributed by atoms with van der Waals surface area (Å²) < 4.78 is 5.36. The van der Waals surface area contributed by atoms with Crippen molar-refractivity contribution in [2.24, 2.45) is 0 Å². The van der Waals surface area contributed by atoms with Gasteiger partial charge in [-0.1, -0.05) is 6.07 Å². The SMILES string of the molecule is Cc1csc(CNC(C)c2ccc3c(c2)NC(=O)CO3)n1. The van der Waals surface area contributed by atoms with Gasteiger partial charge in [-0.3, -0.25) is 4.79 Å². The number of aromatic nitrogens is 1. The monoisotopic (exact) mass is 303 g/mol. The van der Waals surface area contributed by atoms with Gasteiger partial charge in [-0.25, -0.2) is 4.98 Å². The molecular formula is C15H17N3O2S. The van der Waals surface area contributed by atoms with Gasteiger partial charge in [0.15, 0.2) is 6.61 Å². The highest BCUT2D eigenvalue weighted by molar-refractivity contribution is 7.09. The highest BCUT2D eigenvalue weighted by Crippen LogP contribution is 2.30. The Labute approximate surface area is 127 Å². The minimum absolute atomic E-state index is 0.0869. The molecule has 1 aromatic carbocycles. The number of hydrogen-bond acceptors (Lipinski definition) is 5. The van der Waals surface area contributed by atoms with Gasteiger partial charge in [0.05, 0.1) is 5.69 Å². The van der Waals surface area contributed by atoms with Crippen molar-refractivity contribution in [3.05, 3.63) is 39.8 Å². The second kappa shape index (κ2) is 5.83. The van der Waals surface area contributed by atoms with Crippen LogP contribution in [-0.2, 0) is 11.3 Å². The van der Waals surface area contributed by atoms with E-state index in [4.69, 9.17) is 4.74 Å². The first-order chi connectivity index (χ1) is 10.1. The number of rotatable bonds is 4. The van der Waals surface area contributed by atoms with Crippen molar-refractivity contribution in [2.45, 2.75) is 26.4 Å². The third-order valence-electron chi connectivity index (χ3n) is 3.36. The number of carbonyl (C=O) groups excluding carboxylic acids is 1. The highest BCUT2D eigenvalue weighted by atomic mass is 32.1. The van der Waals surface area contributed by atoms with Gasteiger partial charge in [0.1, 0.15) is 10.8 Å². The Hall–Kier alpha value is -1.92. The second-order valence-electron chi connectivity index (χ2n) is 5.08. The Kier molecular flexibility index (Phi) is 3.90. The minimum atomic E-state index is -0.112. The Morgan fingerprint density at radius 3 is 3.14 bits per heavy atom. The molecule has 3 rings (SSSR count). The van der Waals surface area contributed by atoms with Crippen LogP contribution in [0.15, 0.2) is 23.6 Å². The lowest BCUT2D eigenvalue weighted by Gasteiger charge is -2.20. The van der Waals surface area contributed by atoms with E-state index in [-0.39, 0.29) is 18.6 Å². The van der Waals surface area contributed by atoms with E-state index < -0.39 is 0 Å². The molecule has 2 heterocycles. The predicted molar refractivity (Wildman–Crippen MR) is 82.7 cm³/mol. The van der Waals surface area contributed by atoms with Gasteiger partial charge in [-0.15, -0.1) is 11.3 Å². The van der Waals surface area contributed by atoms with Gasteiger partial charge in [0.25, 0.3) is 5.91 Å². The number of hydrogen-bond donors (Lipinski definition) is 2. The van der Waals surface area contributed by atoms with Crippen LogP contribution in [0, 0.1) is 6.92 Å².